The number of benzene rings is 1. The molecule has 1 aliphatic rings. The van der Waals surface area contributed by atoms with Crippen LogP contribution >= 0.6 is 0 Å². The number of nitrogens with two attached hydrogens (primary N) is 1. The van der Waals surface area contributed by atoms with E-state index in [0.29, 0.717) is 5.69 Å². The largest absolute Gasteiger partial charge is 0.449 e. The highest BCUT2D eigenvalue weighted by Gasteiger charge is 2.27. The number of carbonyl (C=O) groups excluding carboxylic acids is 3. The first-order chi connectivity index (χ1) is 13.0. The smallest absolute Gasteiger partial charge is 0.341 e. The first-order valence-electron chi connectivity index (χ1n) is 8.67. The summed E-state index contributed by atoms with van der Waals surface area (Å²) in [7, 11) is -0.994. The van der Waals surface area contributed by atoms with Crippen LogP contribution in [0.15, 0.2) is 23.1 Å². The summed E-state index contributed by atoms with van der Waals surface area (Å²) in [5.41, 5.74) is 5.45. The maximum absolute atomic E-state index is 12.7. The number of hydrogen-bond donors (Lipinski definition) is 2. The highest BCUT2D eigenvalue weighted by molar-refractivity contribution is 7.89. The normalized spacial score (nSPS) is 15.4. The Hall–Kier alpha value is -2.66. The Morgan fingerprint density at radius 3 is 2.36 bits per heavy atom. The summed E-state index contributed by atoms with van der Waals surface area (Å²) in [6, 6.07) is 3.17. The van der Waals surface area contributed by atoms with Crippen molar-refractivity contribution in [3.8, 4) is 0 Å². The van der Waals surface area contributed by atoms with Crippen molar-refractivity contribution in [1.29, 1.82) is 0 Å². The van der Waals surface area contributed by atoms with Crippen LogP contribution in [0.4, 0.5) is 10.5 Å². The number of esters is 1. The van der Waals surface area contributed by atoms with E-state index < -0.39 is 34.0 Å². The number of amides is 3. The number of carbonyl (C=O) groups is 3. The van der Waals surface area contributed by atoms with E-state index in [1.807, 2.05) is 10.2 Å². The summed E-state index contributed by atoms with van der Waals surface area (Å²) in [4.78, 5) is 37.2. The first-order valence-corrected chi connectivity index (χ1v) is 10.1. The van der Waals surface area contributed by atoms with Gasteiger partial charge in [0.15, 0.2) is 6.10 Å². The molecule has 11 heteroatoms. The molecule has 1 heterocycles. The molecular formula is C17H24N4O6S. The van der Waals surface area contributed by atoms with Crippen LogP contribution in [-0.2, 0) is 19.6 Å². The predicted molar refractivity (Wildman–Crippen MR) is 101 cm³/mol. The number of rotatable bonds is 6. The van der Waals surface area contributed by atoms with Crippen LogP contribution in [0.2, 0.25) is 0 Å². The molecule has 154 valence electrons. The van der Waals surface area contributed by atoms with Crippen molar-refractivity contribution in [2.75, 3.05) is 32.1 Å². The third-order valence-electron chi connectivity index (χ3n) is 4.31. The van der Waals surface area contributed by atoms with E-state index in [-0.39, 0.29) is 10.5 Å². The minimum absolute atomic E-state index is 0.0311. The minimum Gasteiger partial charge on any atom is -0.449 e. The van der Waals surface area contributed by atoms with Crippen LogP contribution in [-0.4, -0.2) is 63.9 Å². The van der Waals surface area contributed by atoms with Gasteiger partial charge in [0.25, 0.3) is 5.91 Å². The fraction of sp³-hybridized carbons (Fsp3) is 0.471. The van der Waals surface area contributed by atoms with Crippen molar-refractivity contribution in [3.63, 3.8) is 0 Å². The minimum atomic E-state index is -3.77. The van der Waals surface area contributed by atoms with Gasteiger partial charge >= 0.3 is 12.0 Å². The standard InChI is InChI=1S/C17H24N4O6S/c1-11(15(22)19-17(18)24)27-16(23)13-10-12(28(25,26)20(2)3)6-7-14(13)21-8-4-5-9-21/h6-7,10-11H,4-5,8-9H2,1-3H3,(H3,18,19,22,24)/t11-/m0/s1. The van der Waals surface area contributed by atoms with Crippen LogP contribution in [0.5, 0.6) is 0 Å². The van der Waals surface area contributed by atoms with Gasteiger partial charge < -0.3 is 15.4 Å². The molecule has 2 rings (SSSR count). The summed E-state index contributed by atoms with van der Waals surface area (Å²) in [5, 5.41) is 1.83. The summed E-state index contributed by atoms with van der Waals surface area (Å²) >= 11 is 0. The summed E-state index contributed by atoms with van der Waals surface area (Å²) in [6.07, 6.45) is 0.605. The van der Waals surface area contributed by atoms with Gasteiger partial charge in [-0.3, -0.25) is 10.1 Å². The number of hydrogen-bond acceptors (Lipinski definition) is 7. The van der Waals surface area contributed by atoms with E-state index >= 15 is 0 Å². The third-order valence-corrected chi connectivity index (χ3v) is 6.12. The number of anilines is 1. The zero-order valence-corrected chi connectivity index (χ0v) is 16.8. The summed E-state index contributed by atoms with van der Waals surface area (Å²) in [5.74, 6) is -1.74. The SMILES string of the molecule is C[C@H](OC(=O)c1cc(S(=O)(=O)N(C)C)ccc1N1CCCC1)C(=O)NC(N)=O. The molecule has 1 aliphatic heterocycles. The Kier molecular flexibility index (Phi) is 6.62. The highest BCUT2D eigenvalue weighted by atomic mass is 32.2. The number of imide groups is 1. The molecule has 1 aromatic rings. The van der Waals surface area contributed by atoms with E-state index in [0.717, 1.165) is 30.2 Å². The molecule has 3 amide bonds. The quantitative estimate of drug-likeness (QED) is 0.640. The van der Waals surface area contributed by atoms with Crippen LogP contribution in [0, 0.1) is 0 Å². The molecule has 0 aromatic heterocycles. The molecule has 0 spiro atoms. The van der Waals surface area contributed by atoms with Crippen molar-refractivity contribution >= 4 is 33.6 Å². The average Bonchev–Trinajstić information content (AvgIpc) is 3.14. The second kappa shape index (κ2) is 8.57. The third kappa shape index (κ3) is 4.78. The lowest BCUT2D eigenvalue weighted by molar-refractivity contribution is -0.127. The second-order valence-corrected chi connectivity index (χ2v) is 8.71. The molecule has 3 N–H and O–H groups in total. The molecule has 0 radical (unpaired) electrons. The predicted octanol–water partition coefficient (Wildman–Crippen LogP) is 0.277. The lowest BCUT2D eigenvalue weighted by Crippen LogP contribution is -2.42. The lowest BCUT2D eigenvalue weighted by atomic mass is 10.1. The van der Waals surface area contributed by atoms with Gasteiger partial charge in [-0.2, -0.15) is 0 Å². The molecule has 0 unspecified atom stereocenters. The number of nitrogens with one attached hydrogen (secondary N) is 1. The monoisotopic (exact) mass is 412 g/mol. The first kappa shape index (κ1) is 21.6. The van der Waals surface area contributed by atoms with Crippen molar-refractivity contribution in [1.82, 2.24) is 9.62 Å². The Balaban J connectivity index is 2.39. The van der Waals surface area contributed by atoms with Crippen molar-refractivity contribution in [2.45, 2.75) is 30.8 Å². The number of urea groups is 1. The van der Waals surface area contributed by atoms with Gasteiger partial charge in [-0.25, -0.2) is 22.3 Å². The second-order valence-electron chi connectivity index (χ2n) is 6.56. The molecule has 1 aromatic carbocycles. The molecule has 0 aliphatic carbocycles. The average molecular weight is 412 g/mol. The molecule has 10 nitrogen and oxygen atoms in total. The van der Waals surface area contributed by atoms with Gasteiger partial charge in [-0.1, -0.05) is 0 Å². The fourth-order valence-electron chi connectivity index (χ4n) is 2.78. The molecule has 1 saturated heterocycles. The van der Waals surface area contributed by atoms with Gasteiger partial charge in [0.2, 0.25) is 10.0 Å². The molecular weight excluding hydrogens is 388 g/mol. The Bertz CT molecular complexity index is 878. The maximum atomic E-state index is 12.7. The number of sulfonamides is 1. The molecule has 0 bridgehead atoms. The zero-order valence-electron chi connectivity index (χ0n) is 16.0. The Labute approximate surface area is 163 Å². The van der Waals surface area contributed by atoms with Crippen LogP contribution in [0.3, 0.4) is 0 Å². The van der Waals surface area contributed by atoms with Gasteiger partial charge in [-0.05, 0) is 38.0 Å². The Morgan fingerprint density at radius 1 is 1.21 bits per heavy atom. The van der Waals surface area contributed by atoms with Gasteiger partial charge in [0.05, 0.1) is 16.1 Å². The topological polar surface area (TPSA) is 139 Å². The van der Waals surface area contributed by atoms with Crippen LogP contribution in [0.1, 0.15) is 30.1 Å². The van der Waals surface area contributed by atoms with E-state index in [9.17, 15) is 22.8 Å². The van der Waals surface area contributed by atoms with Gasteiger partial charge in [0.1, 0.15) is 0 Å². The number of ether oxygens (including phenoxy) is 1. The molecule has 1 atom stereocenters. The van der Waals surface area contributed by atoms with E-state index in [2.05, 4.69) is 0 Å². The summed E-state index contributed by atoms with van der Waals surface area (Å²) < 4.78 is 31.0. The Morgan fingerprint density at radius 2 is 1.82 bits per heavy atom. The number of primary amides is 1. The van der Waals surface area contributed by atoms with E-state index in [4.69, 9.17) is 10.5 Å². The highest BCUT2D eigenvalue weighted by Crippen LogP contribution is 2.29. The van der Waals surface area contributed by atoms with Crippen molar-refractivity contribution < 1.29 is 27.5 Å². The molecule has 28 heavy (non-hydrogen) atoms. The molecule has 0 saturated carbocycles. The number of nitrogens with zero attached hydrogens (tertiary/aromatic N) is 2. The summed E-state index contributed by atoms with van der Waals surface area (Å²) in [6.45, 7) is 2.72. The lowest BCUT2D eigenvalue weighted by Gasteiger charge is -2.22. The van der Waals surface area contributed by atoms with Crippen LogP contribution in [0.25, 0.3) is 0 Å². The van der Waals surface area contributed by atoms with Crippen molar-refractivity contribution in [3.05, 3.63) is 23.8 Å². The van der Waals surface area contributed by atoms with Crippen molar-refractivity contribution in [2.24, 2.45) is 5.73 Å². The van der Waals surface area contributed by atoms with E-state index in [1.54, 1.807) is 6.07 Å². The molecule has 1 fully saturated rings. The maximum Gasteiger partial charge on any atom is 0.341 e. The zero-order chi connectivity index (χ0) is 21.1. The van der Waals surface area contributed by atoms with E-state index in [1.165, 1.54) is 33.2 Å². The van der Waals surface area contributed by atoms with Gasteiger partial charge in [-0.15, -0.1) is 0 Å². The van der Waals surface area contributed by atoms with Gasteiger partial charge in [0, 0.05) is 27.2 Å². The fourth-order valence-corrected chi connectivity index (χ4v) is 3.71. The van der Waals surface area contributed by atoms with Crippen LogP contribution < -0.4 is 16.0 Å².